The van der Waals surface area contributed by atoms with E-state index in [-0.39, 0.29) is 17.9 Å². The molecule has 1 aliphatic heterocycles. The molecule has 29 heavy (non-hydrogen) atoms. The van der Waals surface area contributed by atoms with E-state index in [1.54, 1.807) is 0 Å². The molecule has 2 fully saturated rings. The second kappa shape index (κ2) is 13.4. The van der Waals surface area contributed by atoms with Gasteiger partial charge in [0.15, 0.2) is 0 Å². The van der Waals surface area contributed by atoms with Crippen LogP contribution in [0.4, 0.5) is 0 Å². The number of carboxylic acid groups (broad SMARTS) is 2. The molecule has 0 radical (unpaired) electrons. The van der Waals surface area contributed by atoms with Crippen LogP contribution in [-0.2, 0) is 24.0 Å². The van der Waals surface area contributed by atoms with Crippen LogP contribution in [0.5, 0.6) is 0 Å². The standard InChI is InChI=1S/C13H23N3O5.C4H4O4/c17-13(14-5-6-15-7-9-20-10-8-15)11-1-3-12(4-2-11)21-16(18)19;5-3(6)1-2-4(7)8/h11-12H,1-10H2,(H,14,17);1-2H,(H,5,6)(H,7,8). The minimum absolute atomic E-state index is 0.0405. The highest BCUT2D eigenvalue weighted by Crippen LogP contribution is 2.26. The lowest BCUT2D eigenvalue weighted by Crippen LogP contribution is -2.43. The molecule has 0 aromatic rings. The average molecular weight is 417 g/mol. The predicted octanol–water partition coefficient (Wildman–Crippen LogP) is -0.0863. The van der Waals surface area contributed by atoms with Crippen LogP contribution >= 0.6 is 0 Å². The van der Waals surface area contributed by atoms with Crippen LogP contribution in [0.3, 0.4) is 0 Å². The van der Waals surface area contributed by atoms with Gasteiger partial charge < -0.3 is 25.1 Å². The lowest BCUT2D eigenvalue weighted by Gasteiger charge is -2.28. The van der Waals surface area contributed by atoms with E-state index in [9.17, 15) is 24.5 Å². The molecule has 164 valence electrons. The van der Waals surface area contributed by atoms with Crippen molar-refractivity contribution in [3.63, 3.8) is 0 Å². The van der Waals surface area contributed by atoms with E-state index in [2.05, 4.69) is 15.1 Å². The topological polar surface area (TPSA) is 169 Å². The zero-order chi connectivity index (χ0) is 21.6. The van der Waals surface area contributed by atoms with Crippen molar-refractivity contribution in [3.05, 3.63) is 22.3 Å². The average Bonchev–Trinajstić information content (AvgIpc) is 2.68. The Morgan fingerprint density at radius 1 is 1.10 bits per heavy atom. The molecular weight excluding hydrogens is 390 g/mol. The number of carboxylic acids is 2. The van der Waals surface area contributed by atoms with Gasteiger partial charge in [-0.1, -0.05) is 0 Å². The van der Waals surface area contributed by atoms with E-state index >= 15 is 0 Å². The van der Waals surface area contributed by atoms with Gasteiger partial charge in [-0.05, 0) is 25.7 Å². The van der Waals surface area contributed by atoms with Crippen LogP contribution in [0.15, 0.2) is 12.2 Å². The molecule has 1 aliphatic carbocycles. The van der Waals surface area contributed by atoms with E-state index in [1.165, 1.54) is 0 Å². The van der Waals surface area contributed by atoms with Crippen molar-refractivity contribution in [1.29, 1.82) is 0 Å². The molecular formula is C17H27N3O9. The van der Waals surface area contributed by atoms with Gasteiger partial charge in [-0.2, -0.15) is 0 Å². The van der Waals surface area contributed by atoms with Gasteiger partial charge in [-0.25, -0.2) is 9.59 Å². The van der Waals surface area contributed by atoms with Gasteiger partial charge in [0.1, 0.15) is 6.10 Å². The Labute approximate surface area is 167 Å². The Morgan fingerprint density at radius 2 is 1.66 bits per heavy atom. The minimum atomic E-state index is -1.26. The number of morpholine rings is 1. The number of hydrogen-bond donors (Lipinski definition) is 3. The SMILES string of the molecule is O=C(NCCN1CCOCC1)C1CCC(O[N+](=O)[O-])CC1.O=C(O)C=CC(=O)O. The van der Waals surface area contributed by atoms with Gasteiger partial charge >= 0.3 is 11.9 Å². The summed E-state index contributed by atoms with van der Waals surface area (Å²) in [6.45, 7) is 4.83. The Bertz CT molecular complexity index is 567. The van der Waals surface area contributed by atoms with Crippen molar-refractivity contribution in [2.24, 2.45) is 5.92 Å². The summed E-state index contributed by atoms with van der Waals surface area (Å²) in [5, 5.41) is 28.1. The summed E-state index contributed by atoms with van der Waals surface area (Å²) in [6.07, 6.45) is 3.22. The number of nitrogens with one attached hydrogen (secondary N) is 1. The molecule has 1 amide bonds. The fourth-order valence-electron chi connectivity index (χ4n) is 3.00. The van der Waals surface area contributed by atoms with Gasteiger partial charge in [0.2, 0.25) is 5.91 Å². The number of ether oxygens (including phenoxy) is 1. The number of carbonyl (C=O) groups excluding carboxylic acids is 1. The number of carbonyl (C=O) groups is 3. The molecule has 0 bridgehead atoms. The first-order valence-corrected chi connectivity index (χ1v) is 9.30. The molecule has 2 rings (SSSR count). The van der Waals surface area contributed by atoms with Crippen molar-refractivity contribution in [1.82, 2.24) is 10.2 Å². The van der Waals surface area contributed by atoms with E-state index in [0.717, 1.165) is 32.8 Å². The number of rotatable bonds is 8. The van der Waals surface area contributed by atoms with Crippen LogP contribution < -0.4 is 5.32 Å². The molecule has 0 aromatic heterocycles. The van der Waals surface area contributed by atoms with E-state index in [4.69, 9.17) is 14.9 Å². The van der Waals surface area contributed by atoms with Crippen LogP contribution in [0.25, 0.3) is 0 Å². The Hall–Kier alpha value is -2.73. The van der Waals surface area contributed by atoms with Gasteiger partial charge in [0.05, 0.1) is 13.2 Å². The highest BCUT2D eigenvalue weighted by Gasteiger charge is 2.28. The number of nitrogens with zero attached hydrogens (tertiary/aromatic N) is 2. The lowest BCUT2D eigenvalue weighted by atomic mass is 9.87. The third kappa shape index (κ3) is 11.7. The quantitative estimate of drug-likeness (QED) is 0.276. The van der Waals surface area contributed by atoms with Crippen molar-refractivity contribution in [3.8, 4) is 0 Å². The summed E-state index contributed by atoms with van der Waals surface area (Å²) in [7, 11) is 0. The lowest BCUT2D eigenvalue weighted by molar-refractivity contribution is -0.769. The number of aliphatic carboxylic acids is 2. The molecule has 0 unspecified atom stereocenters. The van der Waals surface area contributed by atoms with Crippen LogP contribution in [-0.4, -0.2) is 83.5 Å². The Balaban J connectivity index is 0.000000447. The zero-order valence-corrected chi connectivity index (χ0v) is 16.0. The first kappa shape index (κ1) is 24.3. The maximum Gasteiger partial charge on any atom is 0.328 e. The summed E-state index contributed by atoms with van der Waals surface area (Å²) in [5.74, 6) is -2.50. The second-order valence-corrected chi connectivity index (χ2v) is 6.56. The highest BCUT2D eigenvalue weighted by molar-refractivity contribution is 5.89. The molecule has 0 atom stereocenters. The summed E-state index contributed by atoms with van der Waals surface area (Å²) in [6, 6.07) is 0. The fourth-order valence-corrected chi connectivity index (χ4v) is 3.00. The summed E-state index contributed by atoms with van der Waals surface area (Å²) >= 11 is 0. The zero-order valence-electron chi connectivity index (χ0n) is 16.0. The molecule has 1 saturated heterocycles. The molecule has 0 spiro atoms. The van der Waals surface area contributed by atoms with Crippen molar-refractivity contribution in [2.45, 2.75) is 31.8 Å². The summed E-state index contributed by atoms with van der Waals surface area (Å²) in [5.41, 5.74) is 0. The van der Waals surface area contributed by atoms with Crippen LogP contribution in [0.1, 0.15) is 25.7 Å². The first-order chi connectivity index (χ1) is 13.8. The fraction of sp³-hybridized carbons (Fsp3) is 0.706. The number of amides is 1. The van der Waals surface area contributed by atoms with Crippen molar-refractivity contribution in [2.75, 3.05) is 39.4 Å². The monoisotopic (exact) mass is 417 g/mol. The van der Waals surface area contributed by atoms with E-state index in [1.807, 2.05) is 0 Å². The molecule has 1 heterocycles. The third-order valence-corrected chi connectivity index (χ3v) is 4.48. The Morgan fingerprint density at radius 3 is 2.14 bits per heavy atom. The third-order valence-electron chi connectivity index (χ3n) is 4.48. The van der Waals surface area contributed by atoms with Crippen molar-refractivity contribution < 1.29 is 39.3 Å². The smallest absolute Gasteiger partial charge is 0.328 e. The van der Waals surface area contributed by atoms with Crippen LogP contribution in [0.2, 0.25) is 0 Å². The maximum absolute atomic E-state index is 12.0. The predicted molar refractivity (Wildman–Crippen MR) is 98.5 cm³/mol. The largest absolute Gasteiger partial charge is 0.478 e. The molecule has 3 N–H and O–H groups in total. The number of hydrogen-bond acceptors (Lipinski definition) is 8. The van der Waals surface area contributed by atoms with E-state index < -0.39 is 17.0 Å². The van der Waals surface area contributed by atoms with Crippen molar-refractivity contribution >= 4 is 17.8 Å². The van der Waals surface area contributed by atoms with Crippen LogP contribution in [0, 0.1) is 16.0 Å². The van der Waals surface area contributed by atoms with Gasteiger partial charge in [-0.3, -0.25) is 9.69 Å². The highest BCUT2D eigenvalue weighted by atomic mass is 17.0. The second-order valence-electron chi connectivity index (χ2n) is 6.56. The first-order valence-electron chi connectivity index (χ1n) is 9.30. The summed E-state index contributed by atoms with van der Waals surface area (Å²) in [4.78, 5) is 48.2. The Kier molecular flexibility index (Phi) is 11.3. The summed E-state index contributed by atoms with van der Waals surface area (Å²) < 4.78 is 5.27. The van der Waals surface area contributed by atoms with E-state index in [0.29, 0.717) is 44.4 Å². The van der Waals surface area contributed by atoms with Gasteiger partial charge in [-0.15, -0.1) is 10.1 Å². The molecule has 12 nitrogen and oxygen atoms in total. The van der Waals surface area contributed by atoms with Gasteiger partial charge in [0.25, 0.3) is 5.09 Å². The molecule has 12 heteroatoms. The normalized spacial score (nSPS) is 22.2. The molecule has 0 aromatic carbocycles. The minimum Gasteiger partial charge on any atom is -0.478 e. The molecule has 1 saturated carbocycles. The molecule has 2 aliphatic rings. The maximum atomic E-state index is 12.0. The van der Waals surface area contributed by atoms with Gasteiger partial charge in [0, 0.05) is 44.2 Å².